The van der Waals surface area contributed by atoms with Gasteiger partial charge in [-0.1, -0.05) is 82.1 Å². The first-order valence-electron chi connectivity index (χ1n) is 17.9. The molecule has 11 heteroatoms. The molecule has 2 N–H and O–H groups in total. The van der Waals surface area contributed by atoms with Crippen molar-refractivity contribution in [3.05, 3.63) is 100 Å². The number of ether oxygens (including phenoxy) is 3. The Morgan fingerprint density at radius 2 is 1.75 bits per heavy atom. The normalized spacial score (nSPS) is 18.4. The third-order valence-corrected chi connectivity index (χ3v) is 10.0. The summed E-state index contributed by atoms with van der Waals surface area (Å²) in [5, 5.41) is 7.92. The lowest BCUT2D eigenvalue weighted by molar-refractivity contribution is -0.128. The first kappa shape index (κ1) is 36.2. The van der Waals surface area contributed by atoms with Crippen molar-refractivity contribution in [2.45, 2.75) is 85.4 Å². The van der Waals surface area contributed by atoms with Crippen LogP contribution in [0.3, 0.4) is 0 Å². The Balaban J connectivity index is 1.29. The third-order valence-electron chi connectivity index (χ3n) is 10.0. The second kappa shape index (κ2) is 15.3. The molecule has 1 amide bonds. The number of hydrogen-bond acceptors (Lipinski definition) is 7. The fraction of sp³-hybridized carbons (Fsp3) is 0.390. The molecule has 1 aliphatic carbocycles. The molecule has 0 aliphatic heterocycles. The maximum Gasteiger partial charge on any atom is 0.343 e. The minimum absolute atomic E-state index is 0.0760. The van der Waals surface area contributed by atoms with Gasteiger partial charge in [0.2, 0.25) is 5.88 Å². The molecule has 0 bridgehead atoms. The van der Waals surface area contributed by atoms with Crippen LogP contribution >= 0.6 is 0 Å². The number of carbonyl (C=O) groups excluding carboxylic acids is 3. The lowest BCUT2D eigenvalue weighted by Gasteiger charge is -2.33. The molecule has 0 spiro atoms. The van der Waals surface area contributed by atoms with Crippen LogP contribution in [-0.2, 0) is 9.53 Å². The highest BCUT2D eigenvalue weighted by Gasteiger charge is 2.36. The van der Waals surface area contributed by atoms with Crippen molar-refractivity contribution >= 4 is 40.0 Å². The van der Waals surface area contributed by atoms with Crippen molar-refractivity contribution in [3.63, 3.8) is 0 Å². The monoisotopic (exact) mass is 703 g/mol. The summed E-state index contributed by atoms with van der Waals surface area (Å²) < 4.78 is 19.4. The molecule has 0 saturated heterocycles. The summed E-state index contributed by atoms with van der Waals surface area (Å²) in [7, 11) is 0. The van der Waals surface area contributed by atoms with Crippen LogP contribution in [0.1, 0.15) is 97.0 Å². The second-order valence-corrected chi connectivity index (χ2v) is 14.0. The maximum absolute atomic E-state index is 14.0. The van der Waals surface area contributed by atoms with Gasteiger partial charge < -0.3 is 19.5 Å². The van der Waals surface area contributed by atoms with E-state index in [9.17, 15) is 14.4 Å². The zero-order valence-corrected chi connectivity index (χ0v) is 30.5. The standard InChI is InChI=1S/C41H45N5O6/c1-8-31(50-32-19-16-23(2)20-26(32)5)38(47)43-22-27(6)36-44-37-33(41(49)51-35-24(3)12-11-13-25(35)4)34(42-7)39(46(37)45-36)52-40(48)30-18-17-28-14-9-10-15-29(28)21-30/h9-10,14-21,24-25,27,31,35H,8,11-13,22H2,1-6H3,(H,43,47)(H,44,45). The Hall–Kier alpha value is -5.63. The number of esters is 2. The van der Waals surface area contributed by atoms with Gasteiger partial charge in [0.05, 0.1) is 12.1 Å². The van der Waals surface area contributed by atoms with Gasteiger partial charge in [-0.25, -0.2) is 23.9 Å². The van der Waals surface area contributed by atoms with E-state index in [1.807, 2.05) is 76.2 Å². The van der Waals surface area contributed by atoms with E-state index in [1.54, 1.807) is 12.1 Å². The van der Waals surface area contributed by atoms with Gasteiger partial charge in [-0.05, 0) is 79.5 Å². The lowest BCUT2D eigenvalue weighted by atomic mass is 9.80. The van der Waals surface area contributed by atoms with Gasteiger partial charge in [0.1, 0.15) is 23.2 Å². The molecule has 3 aromatic carbocycles. The number of fused-ring (bicyclic) bond motifs is 2. The Kier molecular flexibility index (Phi) is 10.7. The van der Waals surface area contributed by atoms with Gasteiger partial charge in [-0.15, -0.1) is 0 Å². The van der Waals surface area contributed by atoms with E-state index in [1.165, 1.54) is 4.52 Å². The number of amides is 1. The van der Waals surface area contributed by atoms with Crippen LogP contribution in [0.15, 0.2) is 60.7 Å². The zero-order valence-electron chi connectivity index (χ0n) is 30.5. The average molecular weight is 704 g/mol. The Bertz CT molecular complexity index is 2170. The van der Waals surface area contributed by atoms with Gasteiger partial charge in [-0.2, -0.15) is 0 Å². The van der Waals surface area contributed by atoms with E-state index in [0.717, 1.165) is 41.2 Å². The summed E-state index contributed by atoms with van der Waals surface area (Å²) in [6, 6.07) is 18.7. The minimum Gasteiger partial charge on any atom is -0.480 e. The van der Waals surface area contributed by atoms with Crippen molar-refractivity contribution in [2.24, 2.45) is 11.8 Å². The summed E-state index contributed by atoms with van der Waals surface area (Å²) in [5.74, 6) is -0.842. The molecule has 6 rings (SSSR count). The molecule has 11 nitrogen and oxygen atoms in total. The second-order valence-electron chi connectivity index (χ2n) is 14.0. The number of aromatic nitrogens is 3. The summed E-state index contributed by atoms with van der Waals surface area (Å²) >= 11 is 0. The number of H-pyrrole nitrogens is 1. The third kappa shape index (κ3) is 7.38. The molecule has 0 radical (unpaired) electrons. The summed E-state index contributed by atoms with van der Waals surface area (Å²) in [6.45, 7) is 20.1. The van der Waals surface area contributed by atoms with Crippen molar-refractivity contribution in [2.75, 3.05) is 6.54 Å². The highest BCUT2D eigenvalue weighted by Crippen LogP contribution is 2.40. The molecule has 5 aromatic rings. The van der Waals surface area contributed by atoms with Gasteiger partial charge in [0.25, 0.3) is 11.6 Å². The van der Waals surface area contributed by atoms with Gasteiger partial charge in [-0.3, -0.25) is 9.89 Å². The van der Waals surface area contributed by atoms with Gasteiger partial charge in [0, 0.05) is 12.5 Å². The van der Waals surface area contributed by atoms with Crippen LogP contribution in [0, 0.1) is 32.3 Å². The predicted molar refractivity (Wildman–Crippen MR) is 198 cm³/mol. The first-order chi connectivity index (χ1) is 25.0. The fourth-order valence-electron chi connectivity index (χ4n) is 7.00. The van der Waals surface area contributed by atoms with Crippen LogP contribution in [0.5, 0.6) is 11.6 Å². The van der Waals surface area contributed by atoms with Crippen molar-refractivity contribution < 1.29 is 28.6 Å². The number of benzene rings is 3. The number of carbonyl (C=O) groups is 3. The molecule has 4 unspecified atom stereocenters. The molecule has 1 fully saturated rings. The topological polar surface area (TPSA) is 128 Å². The number of rotatable bonds is 11. The largest absolute Gasteiger partial charge is 0.480 e. The lowest BCUT2D eigenvalue weighted by Crippen LogP contribution is -2.39. The molecule has 1 saturated carbocycles. The van der Waals surface area contributed by atoms with E-state index < -0.39 is 18.0 Å². The van der Waals surface area contributed by atoms with E-state index in [2.05, 4.69) is 29.1 Å². The van der Waals surface area contributed by atoms with Crippen molar-refractivity contribution in [1.82, 2.24) is 19.9 Å². The van der Waals surface area contributed by atoms with Crippen LogP contribution < -0.4 is 14.8 Å². The zero-order chi connectivity index (χ0) is 37.1. The van der Waals surface area contributed by atoms with Crippen molar-refractivity contribution in [1.29, 1.82) is 0 Å². The highest BCUT2D eigenvalue weighted by molar-refractivity contribution is 6.05. The molecular formula is C41H45N5O6. The number of hydrogen-bond donors (Lipinski definition) is 2. The minimum atomic E-state index is -0.700. The molecule has 4 atom stereocenters. The van der Waals surface area contributed by atoms with Crippen LogP contribution in [-0.4, -0.2) is 51.2 Å². The van der Waals surface area contributed by atoms with Crippen LogP contribution in [0.2, 0.25) is 0 Å². The Morgan fingerprint density at radius 1 is 1.02 bits per heavy atom. The van der Waals surface area contributed by atoms with Crippen molar-refractivity contribution in [3.8, 4) is 11.6 Å². The van der Waals surface area contributed by atoms with Crippen LogP contribution in [0.4, 0.5) is 5.69 Å². The summed E-state index contributed by atoms with van der Waals surface area (Å²) in [4.78, 5) is 49.2. The Labute approximate surface area is 303 Å². The SMILES string of the molecule is [C-]#[N+]c1c(C(=O)OC2C(C)CCCC2C)c2nc(C(C)CNC(=O)C(CC)Oc3ccc(C)cc3C)[nH]n2c1OC(=O)c1ccc2ccccc2c1. The summed E-state index contributed by atoms with van der Waals surface area (Å²) in [5.41, 5.74) is 2.19. The molecule has 270 valence electrons. The molecule has 1 aliphatic rings. The number of aromatic amines is 1. The van der Waals surface area contributed by atoms with E-state index in [-0.39, 0.29) is 64.7 Å². The van der Waals surface area contributed by atoms with E-state index >= 15 is 0 Å². The van der Waals surface area contributed by atoms with Gasteiger partial charge in [0.15, 0.2) is 11.8 Å². The predicted octanol–water partition coefficient (Wildman–Crippen LogP) is 8.26. The Morgan fingerprint density at radius 3 is 2.44 bits per heavy atom. The molecule has 2 heterocycles. The fourth-order valence-corrected chi connectivity index (χ4v) is 7.00. The molecule has 2 aromatic heterocycles. The average Bonchev–Trinajstić information content (AvgIpc) is 3.69. The first-order valence-corrected chi connectivity index (χ1v) is 17.9. The molecular weight excluding hydrogens is 658 g/mol. The van der Waals surface area contributed by atoms with E-state index in [0.29, 0.717) is 18.0 Å². The maximum atomic E-state index is 14.0. The smallest absolute Gasteiger partial charge is 0.343 e. The molecule has 52 heavy (non-hydrogen) atoms. The number of nitrogens with one attached hydrogen (secondary N) is 2. The van der Waals surface area contributed by atoms with Gasteiger partial charge >= 0.3 is 11.9 Å². The van der Waals surface area contributed by atoms with E-state index in [4.69, 9.17) is 25.8 Å². The number of nitrogens with zero attached hydrogens (tertiary/aromatic N) is 3. The quantitative estimate of drug-likeness (QED) is 0.105. The highest BCUT2D eigenvalue weighted by atomic mass is 16.6. The summed E-state index contributed by atoms with van der Waals surface area (Å²) in [6.07, 6.45) is 2.36. The van der Waals surface area contributed by atoms with Crippen LogP contribution in [0.25, 0.3) is 21.3 Å². The number of aryl methyl sites for hydroxylation is 2.